The number of halogens is 1. The molecule has 21 heavy (non-hydrogen) atoms. The van der Waals surface area contributed by atoms with Crippen LogP contribution in [0, 0.1) is 11.3 Å². The molecular formula is C15H11BrN2O3. The van der Waals surface area contributed by atoms with Crippen LogP contribution in [0.5, 0.6) is 11.5 Å². The highest BCUT2D eigenvalue weighted by atomic mass is 79.9. The minimum absolute atomic E-state index is 0.0646. The van der Waals surface area contributed by atoms with E-state index in [4.69, 9.17) is 10.00 Å². The second kappa shape index (κ2) is 6.77. The second-order valence-electron chi connectivity index (χ2n) is 4.09. The molecule has 6 heteroatoms. The number of carbonyl (C=O) groups is 1. The number of amides is 1. The van der Waals surface area contributed by atoms with Crippen molar-refractivity contribution in [3.63, 3.8) is 0 Å². The van der Waals surface area contributed by atoms with Gasteiger partial charge in [-0.25, -0.2) is 0 Å². The van der Waals surface area contributed by atoms with Crippen molar-refractivity contribution in [1.82, 2.24) is 0 Å². The molecule has 0 aliphatic carbocycles. The molecule has 2 aromatic carbocycles. The number of phenols is 1. The summed E-state index contributed by atoms with van der Waals surface area (Å²) in [5, 5.41) is 20.9. The molecule has 2 N–H and O–H groups in total. The molecule has 0 atom stereocenters. The lowest BCUT2D eigenvalue weighted by Gasteiger charge is -2.08. The molecular weight excluding hydrogens is 336 g/mol. The first kappa shape index (κ1) is 14.9. The molecule has 0 aromatic heterocycles. The summed E-state index contributed by atoms with van der Waals surface area (Å²) in [7, 11) is 0. The van der Waals surface area contributed by atoms with Crippen LogP contribution >= 0.6 is 15.9 Å². The maximum atomic E-state index is 12.1. The van der Waals surface area contributed by atoms with Crippen LogP contribution in [0.25, 0.3) is 0 Å². The third kappa shape index (κ3) is 3.97. The number of rotatable bonds is 4. The van der Waals surface area contributed by atoms with Crippen LogP contribution in [0.4, 0.5) is 5.69 Å². The maximum absolute atomic E-state index is 12.1. The highest BCUT2D eigenvalue weighted by Gasteiger charge is 2.11. The lowest BCUT2D eigenvalue weighted by Crippen LogP contribution is -2.12. The number of hydrogen-bond acceptors (Lipinski definition) is 4. The number of nitriles is 1. The lowest BCUT2D eigenvalue weighted by atomic mass is 10.2. The zero-order valence-corrected chi connectivity index (χ0v) is 12.4. The van der Waals surface area contributed by atoms with Crippen LogP contribution < -0.4 is 10.1 Å². The molecule has 0 radical (unpaired) electrons. The Kier molecular flexibility index (Phi) is 4.80. The van der Waals surface area contributed by atoms with Gasteiger partial charge in [0.25, 0.3) is 5.91 Å². The molecule has 2 rings (SSSR count). The Morgan fingerprint density at radius 1 is 1.33 bits per heavy atom. The van der Waals surface area contributed by atoms with Gasteiger partial charge in [-0.1, -0.05) is 22.0 Å². The molecule has 2 aromatic rings. The van der Waals surface area contributed by atoms with Crippen LogP contribution in [-0.4, -0.2) is 17.6 Å². The van der Waals surface area contributed by atoms with Crippen molar-refractivity contribution in [1.29, 1.82) is 5.26 Å². The maximum Gasteiger partial charge on any atom is 0.259 e. The SMILES string of the molecule is N#CCOc1cccc(NC(=O)c2ccc(Br)cc2O)c1. The Labute approximate surface area is 129 Å². The van der Waals surface area contributed by atoms with Gasteiger partial charge in [0.1, 0.15) is 17.6 Å². The fourth-order valence-corrected chi connectivity index (χ4v) is 2.02. The third-order valence-electron chi connectivity index (χ3n) is 2.60. The number of carbonyl (C=O) groups excluding carboxylic acids is 1. The van der Waals surface area contributed by atoms with Crippen molar-refractivity contribution < 1.29 is 14.6 Å². The van der Waals surface area contributed by atoms with E-state index in [0.29, 0.717) is 15.9 Å². The van der Waals surface area contributed by atoms with Gasteiger partial charge in [0.15, 0.2) is 6.61 Å². The fourth-order valence-electron chi connectivity index (χ4n) is 1.67. The number of hydrogen-bond donors (Lipinski definition) is 2. The summed E-state index contributed by atoms with van der Waals surface area (Å²) < 4.78 is 5.84. The Morgan fingerprint density at radius 2 is 2.14 bits per heavy atom. The highest BCUT2D eigenvalue weighted by Crippen LogP contribution is 2.24. The van der Waals surface area contributed by atoms with Gasteiger partial charge in [0.05, 0.1) is 5.56 Å². The van der Waals surface area contributed by atoms with Gasteiger partial charge in [-0.2, -0.15) is 5.26 Å². The molecule has 106 valence electrons. The van der Waals surface area contributed by atoms with Gasteiger partial charge >= 0.3 is 0 Å². The van der Waals surface area contributed by atoms with Gasteiger partial charge in [-0.05, 0) is 30.3 Å². The van der Waals surface area contributed by atoms with E-state index in [1.54, 1.807) is 30.3 Å². The minimum Gasteiger partial charge on any atom is -0.507 e. The molecule has 0 bridgehead atoms. The number of ether oxygens (including phenoxy) is 1. The van der Waals surface area contributed by atoms with E-state index in [1.165, 1.54) is 12.1 Å². The van der Waals surface area contributed by atoms with Crippen LogP contribution in [0.2, 0.25) is 0 Å². The second-order valence-corrected chi connectivity index (χ2v) is 5.01. The number of nitrogens with zero attached hydrogens (tertiary/aromatic N) is 1. The first-order valence-corrected chi connectivity index (χ1v) is 6.79. The van der Waals surface area contributed by atoms with Gasteiger partial charge in [-0.15, -0.1) is 0 Å². The molecule has 0 fully saturated rings. The van der Waals surface area contributed by atoms with Crippen molar-refractivity contribution in [2.45, 2.75) is 0 Å². The molecule has 0 aliphatic rings. The summed E-state index contributed by atoms with van der Waals surface area (Å²) in [6.45, 7) is -0.0646. The van der Waals surface area contributed by atoms with Gasteiger partial charge < -0.3 is 15.2 Å². The number of benzene rings is 2. The molecule has 0 spiro atoms. The van der Waals surface area contributed by atoms with Crippen LogP contribution in [0.3, 0.4) is 0 Å². The van der Waals surface area contributed by atoms with E-state index < -0.39 is 5.91 Å². The molecule has 0 saturated carbocycles. The average Bonchev–Trinajstić information content (AvgIpc) is 2.45. The van der Waals surface area contributed by atoms with E-state index in [1.807, 2.05) is 6.07 Å². The Balaban J connectivity index is 2.14. The average molecular weight is 347 g/mol. The summed E-state index contributed by atoms with van der Waals surface area (Å²) in [5.74, 6) is -0.0643. The number of phenolic OH excluding ortho intramolecular Hbond substituents is 1. The minimum atomic E-state index is -0.433. The summed E-state index contributed by atoms with van der Waals surface area (Å²) in [6, 6.07) is 13.2. The lowest BCUT2D eigenvalue weighted by molar-refractivity contribution is 0.102. The van der Waals surface area contributed by atoms with Gasteiger partial charge in [0.2, 0.25) is 0 Å². The summed E-state index contributed by atoms with van der Waals surface area (Å²) in [5.41, 5.74) is 0.680. The van der Waals surface area contributed by atoms with E-state index in [9.17, 15) is 9.90 Å². The standard InChI is InChI=1S/C15H11BrN2O3/c16-10-4-5-13(14(19)8-10)15(20)18-11-2-1-3-12(9-11)21-7-6-17/h1-5,8-9,19H,7H2,(H,18,20). The first-order chi connectivity index (χ1) is 10.1. The number of anilines is 1. The molecule has 1 amide bonds. The molecule has 0 unspecified atom stereocenters. The highest BCUT2D eigenvalue weighted by molar-refractivity contribution is 9.10. The van der Waals surface area contributed by atoms with Gasteiger partial charge in [0, 0.05) is 16.2 Å². The van der Waals surface area contributed by atoms with Crippen LogP contribution in [0.15, 0.2) is 46.9 Å². The van der Waals surface area contributed by atoms with Crippen LogP contribution in [-0.2, 0) is 0 Å². The van der Waals surface area contributed by atoms with Gasteiger partial charge in [-0.3, -0.25) is 4.79 Å². The summed E-state index contributed by atoms with van der Waals surface area (Å²) in [6.07, 6.45) is 0. The van der Waals surface area contributed by atoms with Crippen LogP contribution in [0.1, 0.15) is 10.4 Å². The van der Waals surface area contributed by atoms with Crippen molar-refractivity contribution in [2.75, 3.05) is 11.9 Å². The van der Waals surface area contributed by atoms with E-state index >= 15 is 0 Å². The Hall–Kier alpha value is -2.52. The Bertz CT molecular complexity index is 710. The topological polar surface area (TPSA) is 82.3 Å². The van der Waals surface area contributed by atoms with Crippen molar-refractivity contribution >= 4 is 27.5 Å². The van der Waals surface area contributed by atoms with E-state index in [0.717, 1.165) is 0 Å². The number of nitrogens with one attached hydrogen (secondary N) is 1. The van der Waals surface area contributed by atoms with Crippen molar-refractivity contribution in [3.05, 3.63) is 52.5 Å². The molecule has 0 heterocycles. The largest absolute Gasteiger partial charge is 0.507 e. The van der Waals surface area contributed by atoms with Crippen molar-refractivity contribution in [2.24, 2.45) is 0 Å². The smallest absolute Gasteiger partial charge is 0.259 e. The summed E-state index contributed by atoms with van der Waals surface area (Å²) >= 11 is 3.21. The first-order valence-electron chi connectivity index (χ1n) is 6.00. The quantitative estimate of drug-likeness (QED) is 0.889. The fraction of sp³-hybridized carbons (Fsp3) is 0.0667. The zero-order valence-electron chi connectivity index (χ0n) is 10.8. The Morgan fingerprint density at radius 3 is 2.86 bits per heavy atom. The van der Waals surface area contributed by atoms with E-state index in [2.05, 4.69) is 21.2 Å². The normalized spacial score (nSPS) is 9.71. The molecule has 0 aliphatic heterocycles. The zero-order chi connectivity index (χ0) is 15.2. The molecule has 0 saturated heterocycles. The van der Waals surface area contributed by atoms with E-state index in [-0.39, 0.29) is 17.9 Å². The third-order valence-corrected chi connectivity index (χ3v) is 3.09. The predicted octanol–water partition coefficient (Wildman–Crippen LogP) is 3.31. The number of aromatic hydroxyl groups is 1. The predicted molar refractivity (Wildman–Crippen MR) is 81.3 cm³/mol. The summed E-state index contributed by atoms with van der Waals surface area (Å²) in [4.78, 5) is 12.1. The van der Waals surface area contributed by atoms with Crippen molar-refractivity contribution in [3.8, 4) is 17.6 Å². The monoisotopic (exact) mass is 346 g/mol. The molecule has 5 nitrogen and oxygen atoms in total.